The van der Waals surface area contributed by atoms with Crippen molar-refractivity contribution < 1.29 is 9.18 Å². The number of carbonyl (C=O) groups excluding carboxylic acids is 1. The maximum atomic E-state index is 14.2. The molecule has 2 aliphatic rings. The van der Waals surface area contributed by atoms with Crippen molar-refractivity contribution in [3.05, 3.63) is 62.5 Å². The van der Waals surface area contributed by atoms with Crippen molar-refractivity contribution in [2.75, 3.05) is 0 Å². The van der Waals surface area contributed by atoms with Gasteiger partial charge in [0, 0.05) is 0 Å². The summed E-state index contributed by atoms with van der Waals surface area (Å²) in [5.74, 6) is -0.836. The average molecular weight is 320 g/mol. The van der Waals surface area contributed by atoms with Crippen LogP contribution in [0, 0.1) is 19.7 Å². The van der Waals surface area contributed by atoms with E-state index in [2.05, 4.69) is 0 Å². The quantitative estimate of drug-likeness (QED) is 0.798. The molecule has 1 N–H and O–H groups in total. The smallest absolute Gasteiger partial charge is 0.267 e. The fourth-order valence-electron chi connectivity index (χ4n) is 4.44. The molecule has 3 heteroatoms. The standard InChI is InChI=1S/C21H19FNO/c1-10-8-16-15(6-7-18(22)17(16)9-10)19-12(3)13-4-5-14(11(13)2)20(19)21(23)24/h6-8,23H,4-5,9H2,1-3H3. The van der Waals surface area contributed by atoms with Gasteiger partial charge in [-0.05, 0) is 90.6 Å². The molecule has 0 saturated heterocycles. The van der Waals surface area contributed by atoms with Crippen LogP contribution in [0.15, 0.2) is 17.7 Å². The van der Waals surface area contributed by atoms with Crippen LogP contribution in [0.25, 0.3) is 17.2 Å². The number of amides is 1. The van der Waals surface area contributed by atoms with E-state index < -0.39 is 5.91 Å². The number of carbonyl (C=O) groups is 1. The van der Waals surface area contributed by atoms with Crippen LogP contribution in [0.4, 0.5) is 4.39 Å². The Balaban J connectivity index is 2.11. The van der Waals surface area contributed by atoms with Gasteiger partial charge >= 0.3 is 0 Å². The van der Waals surface area contributed by atoms with Gasteiger partial charge in [-0.2, -0.15) is 0 Å². The van der Waals surface area contributed by atoms with Crippen LogP contribution in [0.3, 0.4) is 0 Å². The first-order chi connectivity index (χ1) is 11.4. The number of allylic oxidation sites excluding steroid dienone is 1. The number of halogens is 1. The van der Waals surface area contributed by atoms with E-state index in [1.807, 2.05) is 26.8 Å². The molecule has 4 rings (SSSR count). The van der Waals surface area contributed by atoms with Crippen LogP contribution in [0.1, 0.15) is 50.7 Å². The summed E-state index contributed by atoms with van der Waals surface area (Å²) >= 11 is 0. The van der Waals surface area contributed by atoms with E-state index in [0.717, 1.165) is 51.8 Å². The van der Waals surface area contributed by atoms with E-state index >= 15 is 0 Å². The largest absolute Gasteiger partial charge is 0.270 e. The lowest BCUT2D eigenvalue weighted by molar-refractivity contribution is 0.0992. The van der Waals surface area contributed by atoms with Crippen molar-refractivity contribution in [1.82, 2.24) is 5.73 Å². The first-order valence-electron chi connectivity index (χ1n) is 8.30. The number of benzene rings is 2. The third-order valence-electron chi connectivity index (χ3n) is 5.55. The van der Waals surface area contributed by atoms with Crippen LogP contribution in [-0.2, 0) is 19.3 Å². The molecule has 0 atom stereocenters. The number of hydrogen-bond donors (Lipinski definition) is 0. The van der Waals surface area contributed by atoms with Gasteiger partial charge in [-0.3, -0.25) is 10.5 Å². The molecule has 0 spiro atoms. The van der Waals surface area contributed by atoms with E-state index in [1.165, 1.54) is 11.6 Å². The van der Waals surface area contributed by atoms with E-state index in [0.29, 0.717) is 17.5 Å². The van der Waals surface area contributed by atoms with Crippen molar-refractivity contribution in [1.29, 1.82) is 0 Å². The van der Waals surface area contributed by atoms with Crippen molar-refractivity contribution in [3.63, 3.8) is 0 Å². The predicted octanol–water partition coefficient (Wildman–Crippen LogP) is 4.59. The molecule has 0 heterocycles. The van der Waals surface area contributed by atoms with Crippen LogP contribution < -0.4 is 5.73 Å². The number of fused-ring (bicyclic) bond motifs is 3. The van der Waals surface area contributed by atoms with Crippen molar-refractivity contribution in [3.8, 4) is 11.1 Å². The second-order valence-electron chi connectivity index (χ2n) is 6.94. The Bertz CT molecular complexity index is 953. The zero-order valence-corrected chi connectivity index (χ0v) is 14.1. The Morgan fingerprint density at radius 3 is 2.46 bits per heavy atom. The van der Waals surface area contributed by atoms with Gasteiger partial charge in [0.05, 0.1) is 5.56 Å². The summed E-state index contributed by atoms with van der Waals surface area (Å²) in [6, 6.07) is 3.27. The van der Waals surface area contributed by atoms with Gasteiger partial charge in [0.15, 0.2) is 0 Å². The second-order valence-corrected chi connectivity index (χ2v) is 6.94. The highest BCUT2D eigenvalue weighted by atomic mass is 19.1. The average Bonchev–Trinajstić information content (AvgIpc) is 3.04. The lowest BCUT2D eigenvalue weighted by Gasteiger charge is -2.18. The third kappa shape index (κ3) is 1.90. The van der Waals surface area contributed by atoms with Gasteiger partial charge < -0.3 is 0 Å². The van der Waals surface area contributed by atoms with Gasteiger partial charge in [-0.25, -0.2) is 4.39 Å². The lowest BCUT2D eigenvalue weighted by Crippen LogP contribution is -2.09. The highest BCUT2D eigenvalue weighted by Crippen LogP contribution is 2.43. The van der Waals surface area contributed by atoms with Crippen molar-refractivity contribution in [2.24, 2.45) is 0 Å². The molecular weight excluding hydrogens is 301 g/mol. The summed E-state index contributed by atoms with van der Waals surface area (Å²) < 4.78 is 14.2. The molecule has 0 saturated carbocycles. The molecule has 24 heavy (non-hydrogen) atoms. The molecule has 121 valence electrons. The molecule has 2 aromatic rings. The summed E-state index contributed by atoms with van der Waals surface area (Å²) in [6.07, 6.45) is 4.37. The first kappa shape index (κ1) is 15.1. The fraction of sp³-hybridized carbons (Fsp3) is 0.286. The normalized spacial score (nSPS) is 14.8. The van der Waals surface area contributed by atoms with Gasteiger partial charge in [0.25, 0.3) is 5.91 Å². The van der Waals surface area contributed by atoms with Crippen LogP contribution in [0.2, 0.25) is 0 Å². The van der Waals surface area contributed by atoms with Gasteiger partial charge in [-0.15, -0.1) is 0 Å². The first-order valence-corrected chi connectivity index (χ1v) is 8.30. The van der Waals surface area contributed by atoms with E-state index in [9.17, 15) is 9.18 Å². The fourth-order valence-corrected chi connectivity index (χ4v) is 4.44. The number of rotatable bonds is 2. The Labute approximate surface area is 141 Å². The summed E-state index contributed by atoms with van der Waals surface area (Å²) in [5.41, 5.74) is 17.3. The van der Waals surface area contributed by atoms with E-state index in [1.54, 1.807) is 6.07 Å². The zero-order chi connectivity index (χ0) is 17.2. The topological polar surface area (TPSA) is 40.9 Å². The predicted molar refractivity (Wildman–Crippen MR) is 93.5 cm³/mol. The number of hydrogen-bond acceptors (Lipinski definition) is 1. The SMILES string of the molecule is CC1=Cc2c(-c3c(C)c4c(C)c(c3C([NH])=O)CC4)ccc(F)c2C1. The van der Waals surface area contributed by atoms with Crippen molar-refractivity contribution in [2.45, 2.75) is 40.0 Å². The second kappa shape index (κ2) is 5.04. The molecule has 2 aliphatic carbocycles. The maximum absolute atomic E-state index is 14.2. The van der Waals surface area contributed by atoms with E-state index in [4.69, 9.17) is 5.73 Å². The number of nitrogens with one attached hydrogen (secondary N) is 1. The zero-order valence-electron chi connectivity index (χ0n) is 14.1. The molecule has 2 aromatic carbocycles. The van der Waals surface area contributed by atoms with Crippen LogP contribution in [0.5, 0.6) is 0 Å². The minimum Gasteiger partial charge on any atom is -0.267 e. The highest BCUT2D eigenvalue weighted by Gasteiger charge is 2.30. The minimum atomic E-state index is -0.642. The Morgan fingerprint density at radius 2 is 1.75 bits per heavy atom. The van der Waals surface area contributed by atoms with Gasteiger partial charge in [-0.1, -0.05) is 17.7 Å². The molecule has 2 nitrogen and oxygen atoms in total. The molecule has 0 fully saturated rings. The highest BCUT2D eigenvalue weighted by molar-refractivity contribution is 6.04. The van der Waals surface area contributed by atoms with Crippen LogP contribution in [-0.4, -0.2) is 5.91 Å². The molecule has 0 aromatic heterocycles. The lowest BCUT2D eigenvalue weighted by atomic mass is 9.85. The maximum Gasteiger partial charge on any atom is 0.270 e. The summed E-state index contributed by atoms with van der Waals surface area (Å²) in [7, 11) is 0. The molecule has 1 radical (unpaired) electrons. The molecule has 1 amide bonds. The summed E-state index contributed by atoms with van der Waals surface area (Å²) in [5, 5.41) is 0. The molecule has 2 bridgehead atoms. The Hall–Kier alpha value is -2.42. The Morgan fingerprint density at radius 1 is 1.04 bits per heavy atom. The summed E-state index contributed by atoms with van der Waals surface area (Å²) in [4.78, 5) is 12.2. The summed E-state index contributed by atoms with van der Waals surface area (Å²) in [6.45, 7) is 6.07. The monoisotopic (exact) mass is 320 g/mol. The van der Waals surface area contributed by atoms with Crippen molar-refractivity contribution >= 4 is 12.0 Å². The van der Waals surface area contributed by atoms with Gasteiger partial charge in [0.2, 0.25) is 0 Å². The van der Waals surface area contributed by atoms with Crippen LogP contribution >= 0.6 is 0 Å². The van der Waals surface area contributed by atoms with E-state index in [-0.39, 0.29) is 5.82 Å². The third-order valence-corrected chi connectivity index (χ3v) is 5.55. The Kier molecular flexibility index (Phi) is 3.17. The molecule has 0 aliphatic heterocycles. The minimum absolute atomic E-state index is 0.194. The molecule has 0 unspecified atom stereocenters. The molecular formula is C21H19FNO. The van der Waals surface area contributed by atoms with Gasteiger partial charge in [0.1, 0.15) is 5.82 Å².